The summed E-state index contributed by atoms with van der Waals surface area (Å²) in [5.41, 5.74) is 2.17. The lowest BCUT2D eigenvalue weighted by atomic mass is 10.00. The second-order valence-corrected chi connectivity index (χ2v) is 5.71. The fourth-order valence-electron chi connectivity index (χ4n) is 2.39. The Morgan fingerprint density at radius 3 is 2.28 bits per heavy atom. The summed E-state index contributed by atoms with van der Waals surface area (Å²) < 4.78 is 0. The standard InChI is InChI=1S/C15H22N2O/c1-15(2)14(18)9-10-17(15)11-12-5-7-13(8-6-12)16(3)4/h5-8H,9-11H2,1-4H3. The SMILES string of the molecule is CN(C)c1ccc(CN2CCC(=O)C2(C)C)cc1. The van der Waals surface area contributed by atoms with Crippen molar-refractivity contribution in [2.24, 2.45) is 0 Å². The number of nitrogens with zero attached hydrogens (tertiary/aromatic N) is 2. The van der Waals surface area contributed by atoms with E-state index in [4.69, 9.17) is 0 Å². The Morgan fingerprint density at radius 1 is 1.22 bits per heavy atom. The number of carbonyl (C=O) groups is 1. The van der Waals surface area contributed by atoms with Crippen molar-refractivity contribution < 1.29 is 4.79 Å². The van der Waals surface area contributed by atoms with Crippen molar-refractivity contribution in [1.29, 1.82) is 0 Å². The number of likely N-dealkylation sites (tertiary alicyclic amines) is 1. The predicted molar refractivity (Wildman–Crippen MR) is 74.9 cm³/mol. The van der Waals surface area contributed by atoms with Gasteiger partial charge in [0.05, 0.1) is 5.54 Å². The predicted octanol–water partition coefficient (Wildman–Crippen LogP) is 2.31. The molecule has 3 heteroatoms. The Morgan fingerprint density at radius 2 is 1.83 bits per heavy atom. The molecule has 0 aromatic heterocycles. The van der Waals surface area contributed by atoms with Gasteiger partial charge in [0.25, 0.3) is 0 Å². The highest BCUT2D eigenvalue weighted by molar-refractivity contribution is 5.89. The van der Waals surface area contributed by atoms with Crippen LogP contribution in [0.4, 0.5) is 5.69 Å². The van der Waals surface area contributed by atoms with Gasteiger partial charge in [0.2, 0.25) is 0 Å². The molecule has 3 nitrogen and oxygen atoms in total. The van der Waals surface area contributed by atoms with Crippen molar-refractivity contribution >= 4 is 11.5 Å². The zero-order valence-corrected chi connectivity index (χ0v) is 11.7. The van der Waals surface area contributed by atoms with Gasteiger partial charge in [0.1, 0.15) is 0 Å². The fraction of sp³-hybridized carbons (Fsp3) is 0.533. The molecule has 1 aromatic rings. The van der Waals surface area contributed by atoms with Crippen LogP contribution < -0.4 is 4.90 Å². The minimum atomic E-state index is -0.305. The lowest BCUT2D eigenvalue weighted by Gasteiger charge is -2.30. The largest absolute Gasteiger partial charge is 0.378 e. The highest BCUT2D eigenvalue weighted by Gasteiger charge is 2.39. The number of Topliss-reactive ketones (excluding diaryl/α,β-unsaturated/α-hetero) is 1. The van der Waals surface area contributed by atoms with E-state index in [-0.39, 0.29) is 5.54 Å². The van der Waals surface area contributed by atoms with Gasteiger partial charge >= 0.3 is 0 Å². The number of anilines is 1. The Balaban J connectivity index is 2.08. The van der Waals surface area contributed by atoms with Gasteiger partial charge < -0.3 is 4.90 Å². The van der Waals surface area contributed by atoms with Crippen LogP contribution in [-0.4, -0.2) is 36.9 Å². The van der Waals surface area contributed by atoms with E-state index in [2.05, 4.69) is 34.1 Å². The van der Waals surface area contributed by atoms with Crippen molar-refractivity contribution in [3.63, 3.8) is 0 Å². The van der Waals surface area contributed by atoms with E-state index in [0.29, 0.717) is 12.2 Å². The smallest absolute Gasteiger partial charge is 0.153 e. The van der Waals surface area contributed by atoms with Crippen LogP contribution >= 0.6 is 0 Å². The van der Waals surface area contributed by atoms with E-state index < -0.39 is 0 Å². The number of carbonyl (C=O) groups excluding carboxylic acids is 1. The second-order valence-electron chi connectivity index (χ2n) is 5.71. The van der Waals surface area contributed by atoms with Gasteiger partial charge in [-0.1, -0.05) is 12.1 Å². The average molecular weight is 246 g/mol. The van der Waals surface area contributed by atoms with Crippen molar-refractivity contribution in [2.75, 3.05) is 25.5 Å². The monoisotopic (exact) mass is 246 g/mol. The lowest BCUT2D eigenvalue weighted by molar-refractivity contribution is -0.123. The van der Waals surface area contributed by atoms with Crippen LogP contribution in [0.3, 0.4) is 0 Å². The van der Waals surface area contributed by atoms with Crippen LogP contribution in [0, 0.1) is 0 Å². The summed E-state index contributed by atoms with van der Waals surface area (Å²) in [4.78, 5) is 16.1. The summed E-state index contributed by atoms with van der Waals surface area (Å²) in [7, 11) is 4.08. The minimum Gasteiger partial charge on any atom is -0.378 e. The maximum atomic E-state index is 11.8. The third kappa shape index (κ3) is 2.41. The topological polar surface area (TPSA) is 23.6 Å². The molecule has 1 aromatic carbocycles. The number of benzene rings is 1. The third-order valence-corrected chi connectivity index (χ3v) is 3.91. The normalized spacial score (nSPS) is 19.2. The van der Waals surface area contributed by atoms with Crippen molar-refractivity contribution in [3.05, 3.63) is 29.8 Å². The van der Waals surface area contributed by atoms with Gasteiger partial charge in [-0.05, 0) is 31.5 Å². The molecule has 1 heterocycles. The number of hydrogen-bond donors (Lipinski definition) is 0. The van der Waals surface area contributed by atoms with Crippen LogP contribution in [0.25, 0.3) is 0 Å². The van der Waals surface area contributed by atoms with E-state index in [1.165, 1.54) is 11.3 Å². The molecule has 0 amide bonds. The van der Waals surface area contributed by atoms with Gasteiger partial charge in [0, 0.05) is 39.3 Å². The highest BCUT2D eigenvalue weighted by Crippen LogP contribution is 2.27. The molecule has 0 saturated carbocycles. The van der Waals surface area contributed by atoms with Crippen molar-refractivity contribution in [1.82, 2.24) is 4.90 Å². The maximum Gasteiger partial charge on any atom is 0.153 e. The molecule has 1 fully saturated rings. The van der Waals surface area contributed by atoms with Crippen molar-refractivity contribution in [3.8, 4) is 0 Å². The molecular weight excluding hydrogens is 224 g/mol. The van der Waals surface area contributed by atoms with Gasteiger partial charge in [-0.2, -0.15) is 0 Å². The first-order valence-electron chi connectivity index (χ1n) is 6.46. The number of hydrogen-bond acceptors (Lipinski definition) is 3. The maximum absolute atomic E-state index is 11.8. The molecule has 2 rings (SSSR count). The van der Waals surface area contributed by atoms with Crippen LogP contribution in [0.5, 0.6) is 0 Å². The van der Waals surface area contributed by atoms with Crippen molar-refractivity contribution in [2.45, 2.75) is 32.4 Å². The number of rotatable bonds is 3. The average Bonchev–Trinajstić information content (AvgIpc) is 2.57. The molecule has 0 spiro atoms. The van der Waals surface area contributed by atoms with Crippen LogP contribution in [-0.2, 0) is 11.3 Å². The van der Waals surface area contributed by atoms with Crippen LogP contribution in [0.2, 0.25) is 0 Å². The van der Waals surface area contributed by atoms with E-state index in [0.717, 1.165) is 13.1 Å². The molecule has 0 atom stereocenters. The van der Waals surface area contributed by atoms with E-state index >= 15 is 0 Å². The van der Waals surface area contributed by atoms with E-state index in [9.17, 15) is 4.79 Å². The Hall–Kier alpha value is -1.35. The quantitative estimate of drug-likeness (QED) is 0.817. The summed E-state index contributed by atoms with van der Waals surface area (Å²) in [5.74, 6) is 0.354. The van der Waals surface area contributed by atoms with Gasteiger partial charge in [-0.25, -0.2) is 0 Å². The summed E-state index contributed by atoms with van der Waals surface area (Å²) in [6, 6.07) is 8.54. The van der Waals surface area contributed by atoms with Crippen LogP contribution in [0.1, 0.15) is 25.8 Å². The van der Waals surface area contributed by atoms with Crippen LogP contribution in [0.15, 0.2) is 24.3 Å². The van der Waals surface area contributed by atoms with E-state index in [1.54, 1.807) is 0 Å². The van der Waals surface area contributed by atoms with Gasteiger partial charge in [0.15, 0.2) is 5.78 Å². The first-order chi connectivity index (χ1) is 8.41. The van der Waals surface area contributed by atoms with Gasteiger partial charge in [-0.3, -0.25) is 9.69 Å². The summed E-state index contributed by atoms with van der Waals surface area (Å²) >= 11 is 0. The molecule has 18 heavy (non-hydrogen) atoms. The first-order valence-corrected chi connectivity index (χ1v) is 6.46. The molecule has 0 radical (unpaired) electrons. The molecule has 98 valence electrons. The molecule has 0 aliphatic carbocycles. The molecular formula is C15H22N2O. The Bertz CT molecular complexity index is 434. The molecule has 0 N–H and O–H groups in total. The fourth-order valence-corrected chi connectivity index (χ4v) is 2.39. The Labute approximate surface area is 109 Å². The third-order valence-electron chi connectivity index (χ3n) is 3.91. The minimum absolute atomic E-state index is 0.305. The Kier molecular flexibility index (Phi) is 3.44. The summed E-state index contributed by atoms with van der Waals surface area (Å²) in [5, 5.41) is 0. The molecule has 0 bridgehead atoms. The second kappa shape index (κ2) is 4.73. The molecule has 1 aliphatic heterocycles. The van der Waals surface area contributed by atoms with Gasteiger partial charge in [-0.15, -0.1) is 0 Å². The molecule has 1 aliphatic rings. The highest BCUT2D eigenvalue weighted by atomic mass is 16.1. The molecule has 1 saturated heterocycles. The van der Waals surface area contributed by atoms with E-state index in [1.807, 2.05) is 27.9 Å². The number of ketones is 1. The summed E-state index contributed by atoms with van der Waals surface area (Å²) in [6.07, 6.45) is 0.683. The first kappa shape index (κ1) is 13.1. The molecule has 0 unspecified atom stereocenters. The zero-order valence-electron chi connectivity index (χ0n) is 11.7. The summed E-state index contributed by atoms with van der Waals surface area (Å²) in [6.45, 7) is 5.78. The zero-order chi connectivity index (χ0) is 13.3. The lowest BCUT2D eigenvalue weighted by Crippen LogP contribution is -2.42.